The van der Waals surface area contributed by atoms with E-state index in [0.717, 1.165) is 5.76 Å². The monoisotopic (exact) mass is 213 g/mol. The molecule has 0 aliphatic rings. The molecule has 2 nitrogen and oxygen atoms in total. The fraction of sp³-hybridized carbons (Fsp3) is 0.250. The molecule has 0 fully saturated rings. The Balaban J connectivity index is 2.84. The Hall–Kier alpha value is -0.720. The van der Waals surface area contributed by atoms with Crippen LogP contribution in [0.5, 0.6) is 0 Å². The minimum absolute atomic E-state index is 0.138. The second kappa shape index (κ2) is 3.61. The van der Waals surface area contributed by atoms with Crippen molar-refractivity contribution in [3.05, 3.63) is 22.6 Å². The van der Waals surface area contributed by atoms with Gasteiger partial charge in [-0.15, -0.1) is 6.42 Å². The summed E-state index contributed by atoms with van der Waals surface area (Å²) in [5.41, 5.74) is 0. The molecule has 58 valence electrons. The van der Waals surface area contributed by atoms with E-state index in [9.17, 15) is 0 Å². The third kappa shape index (κ3) is 1.86. The van der Waals surface area contributed by atoms with E-state index in [1.807, 2.05) is 12.1 Å². The van der Waals surface area contributed by atoms with Crippen LogP contribution >= 0.6 is 15.9 Å². The molecule has 0 aliphatic carbocycles. The lowest BCUT2D eigenvalue weighted by atomic mass is 10.2. The molecule has 1 aromatic heterocycles. The first-order chi connectivity index (χ1) is 5.27. The molecule has 1 heterocycles. The first kappa shape index (κ1) is 8.38. The van der Waals surface area contributed by atoms with Gasteiger partial charge in [0, 0.05) is 0 Å². The molecule has 1 rings (SSSR count). The number of nitrogens with one attached hydrogen (secondary N) is 1. The number of rotatable bonds is 2. The second-order valence-corrected chi connectivity index (χ2v) is 2.81. The third-order valence-electron chi connectivity index (χ3n) is 1.33. The minimum Gasteiger partial charge on any atom is -0.452 e. The Morgan fingerprint density at radius 2 is 2.45 bits per heavy atom. The minimum atomic E-state index is -0.138. The van der Waals surface area contributed by atoms with Gasteiger partial charge in [0.1, 0.15) is 11.8 Å². The van der Waals surface area contributed by atoms with E-state index in [4.69, 9.17) is 10.8 Å². The fourth-order valence-corrected chi connectivity index (χ4v) is 1.11. The van der Waals surface area contributed by atoms with Crippen molar-refractivity contribution < 1.29 is 4.42 Å². The normalized spacial score (nSPS) is 12.5. The van der Waals surface area contributed by atoms with E-state index in [1.54, 1.807) is 7.05 Å². The zero-order valence-corrected chi connectivity index (χ0v) is 7.68. The van der Waals surface area contributed by atoms with Crippen LogP contribution in [0.25, 0.3) is 0 Å². The van der Waals surface area contributed by atoms with Crippen molar-refractivity contribution in [2.24, 2.45) is 0 Å². The molecule has 0 saturated carbocycles. The molecule has 1 N–H and O–H groups in total. The van der Waals surface area contributed by atoms with E-state index >= 15 is 0 Å². The summed E-state index contributed by atoms with van der Waals surface area (Å²) in [7, 11) is 1.79. The number of terminal acetylenes is 1. The van der Waals surface area contributed by atoms with Crippen molar-refractivity contribution in [2.75, 3.05) is 7.05 Å². The van der Waals surface area contributed by atoms with Gasteiger partial charge >= 0.3 is 0 Å². The van der Waals surface area contributed by atoms with Crippen LogP contribution in [0.3, 0.4) is 0 Å². The first-order valence-corrected chi connectivity index (χ1v) is 3.96. The predicted octanol–water partition coefficient (Wildman–Crippen LogP) is 1.94. The van der Waals surface area contributed by atoms with E-state index < -0.39 is 0 Å². The lowest BCUT2D eigenvalue weighted by Gasteiger charge is -2.03. The summed E-state index contributed by atoms with van der Waals surface area (Å²) in [5.74, 6) is 3.31. The highest BCUT2D eigenvalue weighted by molar-refractivity contribution is 9.10. The highest BCUT2D eigenvalue weighted by Gasteiger charge is 2.08. The summed E-state index contributed by atoms with van der Waals surface area (Å²) >= 11 is 3.20. The van der Waals surface area contributed by atoms with Crippen molar-refractivity contribution in [3.8, 4) is 12.3 Å². The highest BCUT2D eigenvalue weighted by atomic mass is 79.9. The molecule has 0 saturated heterocycles. The zero-order chi connectivity index (χ0) is 8.27. The van der Waals surface area contributed by atoms with E-state index in [-0.39, 0.29) is 6.04 Å². The van der Waals surface area contributed by atoms with Gasteiger partial charge in [0.2, 0.25) is 0 Å². The Bertz CT molecular complexity index is 274. The van der Waals surface area contributed by atoms with E-state index in [2.05, 4.69) is 27.2 Å². The van der Waals surface area contributed by atoms with Crippen molar-refractivity contribution in [2.45, 2.75) is 6.04 Å². The predicted molar refractivity (Wildman–Crippen MR) is 47.0 cm³/mol. The topological polar surface area (TPSA) is 25.2 Å². The van der Waals surface area contributed by atoms with Crippen molar-refractivity contribution in [1.29, 1.82) is 0 Å². The Kier molecular flexibility index (Phi) is 2.75. The van der Waals surface area contributed by atoms with Gasteiger partial charge in [0.05, 0.1) is 0 Å². The highest BCUT2D eigenvalue weighted by Crippen LogP contribution is 2.19. The maximum atomic E-state index is 5.24. The summed E-state index contributed by atoms with van der Waals surface area (Å²) in [4.78, 5) is 0. The number of hydrogen-bond donors (Lipinski definition) is 1. The lowest BCUT2D eigenvalue weighted by Crippen LogP contribution is -2.12. The summed E-state index contributed by atoms with van der Waals surface area (Å²) in [6.45, 7) is 0. The Labute approximate surface area is 74.1 Å². The third-order valence-corrected chi connectivity index (χ3v) is 1.76. The summed E-state index contributed by atoms with van der Waals surface area (Å²) in [6.07, 6.45) is 5.24. The first-order valence-electron chi connectivity index (χ1n) is 3.16. The molecule has 11 heavy (non-hydrogen) atoms. The van der Waals surface area contributed by atoms with Gasteiger partial charge in [-0.25, -0.2) is 0 Å². The Morgan fingerprint density at radius 1 is 1.73 bits per heavy atom. The van der Waals surface area contributed by atoms with Gasteiger partial charge < -0.3 is 9.73 Å². The Morgan fingerprint density at radius 3 is 2.82 bits per heavy atom. The summed E-state index contributed by atoms with van der Waals surface area (Å²) < 4.78 is 5.94. The SMILES string of the molecule is C#CC(NC)c1ccc(Br)o1. The molecule has 3 heteroatoms. The van der Waals surface area contributed by atoms with Crippen LogP contribution in [-0.4, -0.2) is 7.05 Å². The van der Waals surface area contributed by atoms with E-state index in [0.29, 0.717) is 4.67 Å². The molecule has 0 aliphatic heterocycles. The molecule has 0 radical (unpaired) electrons. The second-order valence-electron chi connectivity index (χ2n) is 2.03. The molecular formula is C8H8BrNO. The van der Waals surface area contributed by atoms with Gasteiger partial charge in [-0.1, -0.05) is 5.92 Å². The smallest absolute Gasteiger partial charge is 0.169 e. The average Bonchev–Trinajstić information content (AvgIpc) is 2.39. The van der Waals surface area contributed by atoms with Crippen LogP contribution in [0.4, 0.5) is 0 Å². The summed E-state index contributed by atoms with van der Waals surface area (Å²) in [6, 6.07) is 3.52. The van der Waals surface area contributed by atoms with Crippen LogP contribution in [-0.2, 0) is 0 Å². The maximum Gasteiger partial charge on any atom is 0.169 e. The van der Waals surface area contributed by atoms with Crippen molar-refractivity contribution >= 4 is 15.9 Å². The molecule has 0 amide bonds. The molecule has 1 atom stereocenters. The largest absolute Gasteiger partial charge is 0.452 e. The van der Waals surface area contributed by atoms with Crippen LogP contribution in [0.1, 0.15) is 11.8 Å². The fourth-order valence-electron chi connectivity index (χ4n) is 0.791. The van der Waals surface area contributed by atoms with Gasteiger partial charge in [-0.05, 0) is 35.1 Å². The average molecular weight is 214 g/mol. The lowest BCUT2D eigenvalue weighted by molar-refractivity contribution is 0.457. The molecule has 0 aromatic carbocycles. The maximum absolute atomic E-state index is 5.24. The van der Waals surface area contributed by atoms with Gasteiger partial charge in [-0.2, -0.15) is 0 Å². The van der Waals surface area contributed by atoms with Crippen molar-refractivity contribution in [3.63, 3.8) is 0 Å². The van der Waals surface area contributed by atoms with Crippen molar-refractivity contribution in [1.82, 2.24) is 5.32 Å². The van der Waals surface area contributed by atoms with Gasteiger partial charge in [0.15, 0.2) is 4.67 Å². The molecule has 0 spiro atoms. The number of halogens is 1. The van der Waals surface area contributed by atoms with E-state index in [1.165, 1.54) is 0 Å². The standard InChI is InChI=1S/C8H8BrNO/c1-3-6(10-2)7-4-5-8(9)11-7/h1,4-6,10H,2H3. The van der Waals surface area contributed by atoms with Crippen LogP contribution < -0.4 is 5.32 Å². The van der Waals surface area contributed by atoms with Gasteiger partial charge in [0.25, 0.3) is 0 Å². The quantitative estimate of drug-likeness (QED) is 0.761. The number of hydrogen-bond acceptors (Lipinski definition) is 2. The van der Waals surface area contributed by atoms with Gasteiger partial charge in [-0.3, -0.25) is 0 Å². The van der Waals surface area contributed by atoms with Crippen LogP contribution in [0.15, 0.2) is 21.2 Å². The molecule has 1 unspecified atom stereocenters. The molecular weight excluding hydrogens is 206 g/mol. The summed E-state index contributed by atoms with van der Waals surface area (Å²) in [5, 5.41) is 2.93. The van der Waals surface area contributed by atoms with Crippen LogP contribution in [0, 0.1) is 12.3 Å². The number of furan rings is 1. The molecule has 1 aromatic rings. The molecule has 0 bridgehead atoms. The van der Waals surface area contributed by atoms with Crippen LogP contribution in [0.2, 0.25) is 0 Å². The zero-order valence-electron chi connectivity index (χ0n) is 6.10.